The van der Waals surface area contributed by atoms with Gasteiger partial charge in [-0.25, -0.2) is 9.59 Å². The first-order chi connectivity index (χ1) is 16.9. The molecule has 188 valence electrons. The summed E-state index contributed by atoms with van der Waals surface area (Å²) in [6.45, 7) is 11.2. The van der Waals surface area contributed by atoms with E-state index in [-0.39, 0.29) is 31.0 Å². The van der Waals surface area contributed by atoms with E-state index >= 15 is 0 Å². The standard InChI is InChI=1S/C27H36N4O4/c1-4-13-31-22(18-29-14-16-30(17-15-29)25(32)21-7-6-8-21)23(26(33)35-5-2)24(28-27(31)34)20-11-9-19(3)10-12-20/h4,9-12,21,24H,1,5-8,13-18H2,2-3H3,(H,28,34). The van der Waals surface area contributed by atoms with Crippen LogP contribution in [0.25, 0.3) is 0 Å². The molecule has 1 saturated heterocycles. The molecule has 1 unspecified atom stereocenters. The molecule has 1 aromatic rings. The summed E-state index contributed by atoms with van der Waals surface area (Å²) in [5.41, 5.74) is 3.01. The summed E-state index contributed by atoms with van der Waals surface area (Å²) in [6, 6.07) is 6.95. The van der Waals surface area contributed by atoms with Crippen LogP contribution < -0.4 is 5.32 Å². The molecule has 3 aliphatic rings. The van der Waals surface area contributed by atoms with Crippen LogP contribution in [0.2, 0.25) is 0 Å². The summed E-state index contributed by atoms with van der Waals surface area (Å²) in [4.78, 5) is 44.8. The average molecular weight is 481 g/mol. The summed E-state index contributed by atoms with van der Waals surface area (Å²) >= 11 is 0. The van der Waals surface area contributed by atoms with E-state index in [1.807, 2.05) is 36.1 Å². The summed E-state index contributed by atoms with van der Waals surface area (Å²) in [5.74, 6) is 0.0353. The van der Waals surface area contributed by atoms with Crippen molar-refractivity contribution in [2.75, 3.05) is 45.9 Å². The maximum Gasteiger partial charge on any atom is 0.338 e. The Balaban J connectivity index is 1.62. The van der Waals surface area contributed by atoms with Gasteiger partial charge in [-0.15, -0.1) is 6.58 Å². The molecule has 1 atom stereocenters. The molecule has 4 rings (SSSR count). The van der Waals surface area contributed by atoms with Crippen LogP contribution in [0.15, 0.2) is 48.2 Å². The third-order valence-corrected chi connectivity index (χ3v) is 7.17. The number of hydrogen-bond acceptors (Lipinski definition) is 5. The number of carbonyl (C=O) groups is 3. The van der Waals surface area contributed by atoms with E-state index in [0.717, 1.165) is 30.4 Å². The van der Waals surface area contributed by atoms with Crippen LogP contribution in [0.1, 0.15) is 43.4 Å². The van der Waals surface area contributed by atoms with Gasteiger partial charge in [0.2, 0.25) is 5.91 Å². The van der Waals surface area contributed by atoms with E-state index in [9.17, 15) is 14.4 Å². The Bertz CT molecular complexity index is 991. The van der Waals surface area contributed by atoms with Crippen molar-refractivity contribution in [1.82, 2.24) is 20.0 Å². The van der Waals surface area contributed by atoms with Gasteiger partial charge in [-0.2, -0.15) is 0 Å². The lowest BCUT2D eigenvalue weighted by molar-refractivity contribution is -0.140. The van der Waals surface area contributed by atoms with Crippen LogP contribution in [-0.2, 0) is 14.3 Å². The Morgan fingerprint density at radius 3 is 2.40 bits per heavy atom. The molecule has 2 heterocycles. The molecule has 0 bridgehead atoms. The molecular weight excluding hydrogens is 444 g/mol. The van der Waals surface area contributed by atoms with Gasteiger partial charge in [-0.05, 0) is 32.3 Å². The molecule has 8 heteroatoms. The fraction of sp³-hybridized carbons (Fsp3) is 0.519. The van der Waals surface area contributed by atoms with Crippen LogP contribution in [0.3, 0.4) is 0 Å². The topological polar surface area (TPSA) is 82.2 Å². The van der Waals surface area contributed by atoms with Crippen LogP contribution in [0.5, 0.6) is 0 Å². The predicted octanol–water partition coefficient (Wildman–Crippen LogP) is 3.01. The molecule has 2 aliphatic heterocycles. The van der Waals surface area contributed by atoms with E-state index in [1.54, 1.807) is 17.9 Å². The van der Waals surface area contributed by atoms with Crippen molar-refractivity contribution >= 4 is 17.9 Å². The highest BCUT2D eigenvalue weighted by Gasteiger charge is 2.39. The Hall–Kier alpha value is -3.13. The Morgan fingerprint density at radius 2 is 1.83 bits per heavy atom. The molecule has 35 heavy (non-hydrogen) atoms. The SMILES string of the molecule is C=CCN1C(=O)NC(c2ccc(C)cc2)C(C(=O)OCC)=C1CN1CCN(C(=O)C2CCC2)CC1. The predicted molar refractivity (Wildman–Crippen MR) is 133 cm³/mol. The lowest BCUT2D eigenvalue weighted by atomic mass is 9.84. The van der Waals surface area contributed by atoms with Gasteiger partial charge in [0.05, 0.1) is 18.2 Å². The average Bonchev–Trinajstić information content (AvgIpc) is 2.81. The smallest absolute Gasteiger partial charge is 0.338 e. The number of hydrogen-bond donors (Lipinski definition) is 1. The van der Waals surface area contributed by atoms with Crippen LogP contribution >= 0.6 is 0 Å². The summed E-state index contributed by atoms with van der Waals surface area (Å²) in [6.07, 6.45) is 4.80. The van der Waals surface area contributed by atoms with E-state index in [2.05, 4.69) is 16.8 Å². The first kappa shape index (κ1) is 25.0. The number of nitrogens with one attached hydrogen (secondary N) is 1. The van der Waals surface area contributed by atoms with Crippen molar-refractivity contribution in [2.45, 2.75) is 39.2 Å². The van der Waals surface area contributed by atoms with E-state index in [0.29, 0.717) is 44.0 Å². The fourth-order valence-electron chi connectivity index (χ4n) is 4.91. The van der Waals surface area contributed by atoms with Gasteiger partial charge in [0.25, 0.3) is 0 Å². The fourth-order valence-corrected chi connectivity index (χ4v) is 4.91. The van der Waals surface area contributed by atoms with E-state index in [4.69, 9.17) is 4.74 Å². The first-order valence-corrected chi connectivity index (χ1v) is 12.6. The number of rotatable bonds is 8. The second kappa shape index (κ2) is 11.1. The zero-order chi connectivity index (χ0) is 24.9. The van der Waals surface area contributed by atoms with Gasteiger partial charge >= 0.3 is 12.0 Å². The highest BCUT2D eigenvalue weighted by Crippen LogP contribution is 2.33. The summed E-state index contributed by atoms with van der Waals surface area (Å²) in [7, 11) is 0. The van der Waals surface area contributed by atoms with E-state index < -0.39 is 12.0 Å². The van der Waals surface area contributed by atoms with Crippen molar-refractivity contribution in [3.8, 4) is 0 Å². The molecule has 1 aromatic carbocycles. The number of esters is 1. The molecule has 1 aliphatic carbocycles. The molecule has 0 aromatic heterocycles. The second-order valence-corrected chi connectivity index (χ2v) is 9.50. The van der Waals surface area contributed by atoms with E-state index in [1.165, 1.54) is 0 Å². The minimum atomic E-state index is -0.598. The van der Waals surface area contributed by atoms with Gasteiger partial charge in [-0.3, -0.25) is 14.6 Å². The maximum absolute atomic E-state index is 13.3. The van der Waals surface area contributed by atoms with Crippen molar-refractivity contribution < 1.29 is 19.1 Å². The largest absolute Gasteiger partial charge is 0.463 e. The van der Waals surface area contributed by atoms with Crippen LogP contribution in [0, 0.1) is 12.8 Å². The zero-order valence-electron chi connectivity index (χ0n) is 20.8. The number of nitrogens with zero attached hydrogens (tertiary/aromatic N) is 3. The lowest BCUT2D eigenvalue weighted by Gasteiger charge is -2.41. The molecule has 0 spiro atoms. The molecule has 1 saturated carbocycles. The lowest BCUT2D eigenvalue weighted by Crippen LogP contribution is -2.54. The van der Waals surface area contributed by atoms with Crippen molar-refractivity contribution in [3.05, 3.63) is 59.3 Å². The zero-order valence-corrected chi connectivity index (χ0v) is 20.8. The van der Waals surface area contributed by atoms with Gasteiger partial charge in [-0.1, -0.05) is 42.3 Å². The maximum atomic E-state index is 13.3. The van der Waals surface area contributed by atoms with Crippen molar-refractivity contribution in [2.24, 2.45) is 5.92 Å². The molecule has 8 nitrogen and oxygen atoms in total. The third-order valence-electron chi connectivity index (χ3n) is 7.17. The van der Waals surface area contributed by atoms with Gasteiger partial charge in [0.1, 0.15) is 0 Å². The third kappa shape index (κ3) is 5.42. The number of ether oxygens (including phenoxy) is 1. The number of urea groups is 1. The molecule has 3 amide bonds. The quantitative estimate of drug-likeness (QED) is 0.457. The molecule has 1 N–H and O–H groups in total. The number of carbonyl (C=O) groups excluding carboxylic acids is 3. The Labute approximate surface area is 207 Å². The Morgan fingerprint density at radius 1 is 1.14 bits per heavy atom. The highest BCUT2D eigenvalue weighted by atomic mass is 16.5. The van der Waals surface area contributed by atoms with Gasteiger partial charge < -0.3 is 15.0 Å². The molecule has 2 fully saturated rings. The van der Waals surface area contributed by atoms with Crippen LogP contribution in [-0.4, -0.2) is 78.5 Å². The molecular formula is C27H36N4O4. The number of piperazine rings is 1. The molecule has 0 radical (unpaired) electrons. The number of aryl methyl sites for hydroxylation is 1. The summed E-state index contributed by atoms with van der Waals surface area (Å²) < 4.78 is 5.46. The number of benzene rings is 1. The Kier molecular flexibility index (Phi) is 7.90. The normalized spacial score (nSPS) is 21.4. The minimum absolute atomic E-state index is 0.195. The first-order valence-electron chi connectivity index (χ1n) is 12.6. The second-order valence-electron chi connectivity index (χ2n) is 9.50. The van der Waals surface area contributed by atoms with Crippen molar-refractivity contribution in [1.29, 1.82) is 0 Å². The van der Waals surface area contributed by atoms with Gasteiger partial charge in [0.15, 0.2) is 0 Å². The summed E-state index contributed by atoms with van der Waals surface area (Å²) in [5, 5.41) is 3.00. The monoisotopic (exact) mass is 480 g/mol. The highest BCUT2D eigenvalue weighted by molar-refractivity contribution is 5.95. The van der Waals surface area contributed by atoms with Crippen LogP contribution in [0.4, 0.5) is 4.79 Å². The van der Waals surface area contributed by atoms with Gasteiger partial charge in [0, 0.05) is 50.9 Å². The minimum Gasteiger partial charge on any atom is -0.463 e. The van der Waals surface area contributed by atoms with Crippen molar-refractivity contribution in [3.63, 3.8) is 0 Å². The number of amides is 3.